The molecule has 0 aromatic carbocycles. The number of hydrogen-bond donors (Lipinski definition) is 0. The number of carbonyl (C=O) groups is 1. The standard InChI is InChI=1S/C18H32O2S/c1-2-3-4-5-6-7-8-12-18(19)15-13-16-10-9-11-17(14-15)21(16)20/h15-17H,2-14H2,1H3. The SMILES string of the molecule is CCCCCCCCCC(=O)C1CC2CCCC(C1)S2=O. The quantitative estimate of drug-likeness (QED) is 0.574. The maximum Gasteiger partial charge on any atom is 0.136 e. The molecule has 0 amide bonds. The molecular weight excluding hydrogens is 280 g/mol. The zero-order chi connectivity index (χ0) is 15.1. The first-order valence-electron chi connectivity index (χ1n) is 9.14. The van der Waals surface area contributed by atoms with E-state index in [4.69, 9.17) is 0 Å². The monoisotopic (exact) mass is 312 g/mol. The molecule has 2 saturated heterocycles. The summed E-state index contributed by atoms with van der Waals surface area (Å²) in [6.07, 6.45) is 14.9. The van der Waals surface area contributed by atoms with Gasteiger partial charge in [0.2, 0.25) is 0 Å². The number of rotatable bonds is 9. The minimum absolute atomic E-state index is 0.234. The van der Waals surface area contributed by atoms with Crippen molar-refractivity contribution >= 4 is 16.6 Å². The molecule has 2 atom stereocenters. The van der Waals surface area contributed by atoms with Gasteiger partial charge in [-0.3, -0.25) is 9.00 Å². The third kappa shape index (κ3) is 5.19. The van der Waals surface area contributed by atoms with Crippen molar-refractivity contribution in [1.29, 1.82) is 0 Å². The summed E-state index contributed by atoms with van der Waals surface area (Å²) in [5.74, 6) is 0.704. The van der Waals surface area contributed by atoms with Crippen molar-refractivity contribution in [3.8, 4) is 0 Å². The van der Waals surface area contributed by atoms with Gasteiger partial charge in [0.05, 0.1) is 0 Å². The molecule has 2 rings (SSSR count). The van der Waals surface area contributed by atoms with Gasteiger partial charge in [-0.1, -0.05) is 51.9 Å². The Morgan fingerprint density at radius 1 is 0.952 bits per heavy atom. The van der Waals surface area contributed by atoms with E-state index in [1.807, 2.05) is 0 Å². The summed E-state index contributed by atoms with van der Waals surface area (Å²) in [6, 6.07) is 0. The fourth-order valence-electron chi connectivity index (χ4n) is 3.96. The van der Waals surface area contributed by atoms with E-state index in [1.165, 1.54) is 44.9 Å². The highest BCUT2D eigenvalue weighted by molar-refractivity contribution is 7.86. The third-order valence-electron chi connectivity index (χ3n) is 5.29. The van der Waals surface area contributed by atoms with Crippen molar-refractivity contribution < 1.29 is 9.00 Å². The Morgan fingerprint density at radius 2 is 1.52 bits per heavy atom. The molecule has 0 aromatic heterocycles. The second-order valence-corrected chi connectivity index (χ2v) is 9.00. The molecular formula is C18H32O2S. The van der Waals surface area contributed by atoms with E-state index in [9.17, 15) is 9.00 Å². The molecule has 2 unspecified atom stereocenters. The van der Waals surface area contributed by atoms with Crippen LogP contribution in [0.1, 0.15) is 90.4 Å². The van der Waals surface area contributed by atoms with Crippen LogP contribution in [0.2, 0.25) is 0 Å². The van der Waals surface area contributed by atoms with E-state index in [0.717, 1.165) is 38.5 Å². The van der Waals surface area contributed by atoms with Gasteiger partial charge in [-0.15, -0.1) is 0 Å². The number of hydrogen-bond acceptors (Lipinski definition) is 2. The van der Waals surface area contributed by atoms with Crippen LogP contribution in [0.5, 0.6) is 0 Å². The van der Waals surface area contributed by atoms with Crippen LogP contribution in [0.3, 0.4) is 0 Å². The molecule has 0 radical (unpaired) electrons. The molecule has 2 aliphatic rings. The number of Topliss-reactive ketones (excluding diaryl/α,β-unsaturated/α-hetero) is 1. The highest BCUT2D eigenvalue weighted by Gasteiger charge is 2.39. The van der Waals surface area contributed by atoms with Crippen molar-refractivity contribution in [1.82, 2.24) is 0 Å². The van der Waals surface area contributed by atoms with Gasteiger partial charge in [0.25, 0.3) is 0 Å². The number of fused-ring (bicyclic) bond motifs is 2. The first-order chi connectivity index (χ1) is 10.2. The summed E-state index contributed by atoms with van der Waals surface area (Å²) in [7, 11) is -0.638. The maximum atomic E-state index is 12.4. The zero-order valence-electron chi connectivity index (χ0n) is 13.6. The molecule has 2 nitrogen and oxygen atoms in total. The average Bonchev–Trinajstić information content (AvgIpc) is 2.45. The summed E-state index contributed by atoms with van der Waals surface area (Å²) in [4.78, 5) is 12.4. The lowest BCUT2D eigenvalue weighted by atomic mass is 9.85. The third-order valence-corrected chi connectivity index (χ3v) is 7.46. The number of ketones is 1. The lowest BCUT2D eigenvalue weighted by Gasteiger charge is -2.37. The first kappa shape index (κ1) is 17.2. The lowest BCUT2D eigenvalue weighted by Crippen LogP contribution is -2.41. The molecule has 0 aromatic rings. The van der Waals surface area contributed by atoms with E-state index < -0.39 is 10.8 Å². The smallest absolute Gasteiger partial charge is 0.136 e. The zero-order valence-corrected chi connectivity index (χ0v) is 14.5. The number of unbranched alkanes of at least 4 members (excludes halogenated alkanes) is 6. The van der Waals surface area contributed by atoms with E-state index in [2.05, 4.69) is 6.92 Å². The molecule has 3 heteroatoms. The Balaban J connectivity index is 1.62. The van der Waals surface area contributed by atoms with Crippen LogP contribution < -0.4 is 0 Å². The second-order valence-electron chi connectivity index (χ2n) is 7.01. The fourth-order valence-corrected chi connectivity index (χ4v) is 6.14. The first-order valence-corrected chi connectivity index (χ1v) is 10.4. The van der Waals surface area contributed by atoms with Gasteiger partial charge in [0, 0.05) is 33.6 Å². The summed E-state index contributed by atoms with van der Waals surface area (Å²) >= 11 is 0. The predicted molar refractivity (Wildman–Crippen MR) is 89.9 cm³/mol. The van der Waals surface area contributed by atoms with Gasteiger partial charge < -0.3 is 0 Å². The molecule has 122 valence electrons. The Hall–Kier alpha value is -0.180. The van der Waals surface area contributed by atoms with Crippen LogP contribution in [-0.4, -0.2) is 20.5 Å². The van der Waals surface area contributed by atoms with Gasteiger partial charge in [-0.25, -0.2) is 0 Å². The fraction of sp³-hybridized carbons (Fsp3) is 0.944. The van der Waals surface area contributed by atoms with Gasteiger partial charge in [0.1, 0.15) is 5.78 Å². The van der Waals surface area contributed by atoms with Crippen molar-refractivity contribution in [2.75, 3.05) is 0 Å². The molecule has 2 heterocycles. The molecule has 0 N–H and O–H groups in total. The summed E-state index contributed by atoms with van der Waals surface area (Å²) in [5, 5.41) is 0.668. The van der Waals surface area contributed by atoms with Crippen molar-refractivity contribution in [2.24, 2.45) is 5.92 Å². The van der Waals surface area contributed by atoms with Crippen LogP contribution in [0, 0.1) is 5.92 Å². The summed E-state index contributed by atoms with van der Waals surface area (Å²) in [6.45, 7) is 2.24. The molecule has 0 saturated carbocycles. The predicted octanol–water partition coefficient (Wildman–Crippen LogP) is 4.78. The van der Waals surface area contributed by atoms with Crippen molar-refractivity contribution in [3.05, 3.63) is 0 Å². The molecule has 2 aliphatic heterocycles. The molecule has 0 spiro atoms. The van der Waals surface area contributed by atoms with Crippen molar-refractivity contribution in [2.45, 2.75) is 101 Å². The van der Waals surface area contributed by atoms with Gasteiger partial charge in [-0.2, -0.15) is 0 Å². The van der Waals surface area contributed by atoms with Gasteiger partial charge >= 0.3 is 0 Å². The van der Waals surface area contributed by atoms with Crippen LogP contribution in [-0.2, 0) is 15.6 Å². The summed E-state index contributed by atoms with van der Waals surface area (Å²) in [5.41, 5.74) is 0. The molecule has 2 fully saturated rings. The van der Waals surface area contributed by atoms with E-state index >= 15 is 0 Å². The van der Waals surface area contributed by atoms with Gasteiger partial charge in [0.15, 0.2) is 0 Å². The Labute approximate surface area is 132 Å². The Bertz CT molecular complexity index is 337. The van der Waals surface area contributed by atoms with E-state index in [-0.39, 0.29) is 5.92 Å². The minimum atomic E-state index is -0.638. The van der Waals surface area contributed by atoms with Crippen LogP contribution in [0.4, 0.5) is 0 Å². The van der Waals surface area contributed by atoms with Crippen LogP contribution in [0.25, 0.3) is 0 Å². The Morgan fingerprint density at radius 3 is 2.14 bits per heavy atom. The molecule has 0 aliphatic carbocycles. The topological polar surface area (TPSA) is 34.1 Å². The maximum absolute atomic E-state index is 12.4. The highest BCUT2D eigenvalue weighted by Crippen LogP contribution is 2.37. The van der Waals surface area contributed by atoms with E-state index in [1.54, 1.807) is 0 Å². The summed E-state index contributed by atoms with van der Waals surface area (Å²) < 4.78 is 12.2. The largest absolute Gasteiger partial charge is 0.299 e. The molecule has 21 heavy (non-hydrogen) atoms. The van der Waals surface area contributed by atoms with Crippen LogP contribution in [0.15, 0.2) is 0 Å². The van der Waals surface area contributed by atoms with Gasteiger partial charge in [-0.05, 0) is 32.1 Å². The Kier molecular flexibility index (Phi) is 7.42. The molecule has 2 bridgehead atoms. The average molecular weight is 313 g/mol. The minimum Gasteiger partial charge on any atom is -0.299 e. The number of carbonyl (C=O) groups excluding carboxylic acids is 1. The van der Waals surface area contributed by atoms with Crippen molar-refractivity contribution in [3.63, 3.8) is 0 Å². The highest BCUT2D eigenvalue weighted by atomic mass is 32.2. The second kappa shape index (κ2) is 9.07. The van der Waals surface area contributed by atoms with Crippen LogP contribution >= 0.6 is 0 Å². The lowest BCUT2D eigenvalue weighted by molar-refractivity contribution is -0.123. The normalized spacial score (nSPS) is 32.0. The van der Waals surface area contributed by atoms with E-state index in [0.29, 0.717) is 16.3 Å².